The molecule has 1 aliphatic heterocycles. The molecule has 3 aromatic heterocycles. The molecule has 0 unspecified atom stereocenters. The van der Waals surface area contributed by atoms with Crippen LogP contribution in [0.25, 0.3) is 0 Å². The molecule has 12 heteroatoms. The van der Waals surface area contributed by atoms with Crippen LogP contribution in [0.3, 0.4) is 0 Å². The third-order valence-electron chi connectivity index (χ3n) is 7.56. The van der Waals surface area contributed by atoms with Gasteiger partial charge in [0.1, 0.15) is 0 Å². The standard InChI is InChI=1S/C31H29F3N6O3/c32-31(33,34)26-6-11-37-17-22(26)18-39-27-16-24(38-19-25(27)28(35)41)15-20-2-1-3-21(14-20)29(42)40-12-7-30(43,8-13-40)23-4-9-36-10-5-23/h1-6,9-11,14,16-17,19,43H,7-8,12-13,15,18H2,(H2,35,41)(H,38,39). The van der Waals surface area contributed by atoms with Crippen molar-refractivity contribution in [3.8, 4) is 0 Å². The number of anilines is 1. The number of pyridine rings is 3. The van der Waals surface area contributed by atoms with E-state index in [4.69, 9.17) is 5.73 Å². The molecule has 0 saturated carbocycles. The van der Waals surface area contributed by atoms with Gasteiger partial charge >= 0.3 is 6.18 Å². The largest absolute Gasteiger partial charge is 0.416 e. The summed E-state index contributed by atoms with van der Waals surface area (Å²) in [5.74, 6) is -0.941. The summed E-state index contributed by atoms with van der Waals surface area (Å²) < 4.78 is 40.3. The molecule has 0 bridgehead atoms. The van der Waals surface area contributed by atoms with Gasteiger partial charge in [0.05, 0.1) is 22.4 Å². The molecule has 0 aliphatic carbocycles. The molecular formula is C31H29F3N6O3. The number of nitrogens with two attached hydrogens (primary N) is 1. The third-order valence-corrected chi connectivity index (χ3v) is 7.56. The summed E-state index contributed by atoms with van der Waals surface area (Å²) >= 11 is 0. The van der Waals surface area contributed by atoms with Gasteiger partial charge in [-0.1, -0.05) is 12.1 Å². The average molecular weight is 591 g/mol. The summed E-state index contributed by atoms with van der Waals surface area (Å²) in [6.07, 6.45) is 3.26. The molecule has 4 aromatic rings. The quantitative estimate of drug-likeness (QED) is 0.278. The highest BCUT2D eigenvalue weighted by molar-refractivity contribution is 5.98. The van der Waals surface area contributed by atoms with Crippen molar-refractivity contribution in [1.29, 1.82) is 0 Å². The van der Waals surface area contributed by atoms with Crippen molar-refractivity contribution in [3.05, 3.63) is 119 Å². The number of hydrogen-bond donors (Lipinski definition) is 3. The van der Waals surface area contributed by atoms with Gasteiger partial charge in [-0.3, -0.25) is 24.5 Å². The first-order chi connectivity index (χ1) is 20.5. The molecule has 43 heavy (non-hydrogen) atoms. The van der Waals surface area contributed by atoms with Crippen LogP contribution in [0.15, 0.2) is 79.5 Å². The number of aromatic nitrogens is 3. The fraction of sp³-hybridized carbons (Fsp3) is 0.258. The van der Waals surface area contributed by atoms with Gasteiger partial charge in [-0.2, -0.15) is 13.2 Å². The van der Waals surface area contributed by atoms with Gasteiger partial charge in [-0.15, -0.1) is 0 Å². The second-order valence-corrected chi connectivity index (χ2v) is 10.4. The van der Waals surface area contributed by atoms with E-state index in [0.29, 0.717) is 37.2 Å². The summed E-state index contributed by atoms with van der Waals surface area (Å²) in [6, 6.07) is 13.1. The molecule has 1 aliphatic rings. The smallest absolute Gasteiger partial charge is 0.385 e. The number of aliphatic hydroxyl groups is 1. The lowest BCUT2D eigenvalue weighted by Crippen LogP contribution is -2.45. The molecule has 4 heterocycles. The van der Waals surface area contributed by atoms with Crippen LogP contribution in [0.2, 0.25) is 0 Å². The number of benzene rings is 1. The Hall–Kier alpha value is -4.84. The van der Waals surface area contributed by atoms with E-state index in [1.807, 2.05) is 6.07 Å². The Bertz CT molecular complexity index is 1620. The number of nitrogens with zero attached hydrogens (tertiary/aromatic N) is 4. The van der Waals surface area contributed by atoms with E-state index in [9.17, 15) is 27.9 Å². The minimum atomic E-state index is -4.56. The maximum absolute atomic E-state index is 13.4. The molecule has 1 saturated heterocycles. The zero-order chi connectivity index (χ0) is 30.6. The topological polar surface area (TPSA) is 134 Å². The first-order valence-electron chi connectivity index (χ1n) is 13.6. The number of hydrogen-bond acceptors (Lipinski definition) is 7. The molecule has 9 nitrogen and oxygen atoms in total. The lowest BCUT2D eigenvalue weighted by Gasteiger charge is -2.38. The first-order valence-corrected chi connectivity index (χ1v) is 13.6. The average Bonchev–Trinajstić information content (AvgIpc) is 3.00. The van der Waals surface area contributed by atoms with Crippen molar-refractivity contribution in [1.82, 2.24) is 19.9 Å². The summed E-state index contributed by atoms with van der Waals surface area (Å²) in [5, 5.41) is 14.0. The number of halogens is 3. The maximum atomic E-state index is 13.4. The molecule has 4 N–H and O–H groups in total. The number of carbonyl (C=O) groups excluding carboxylic acids is 2. The van der Waals surface area contributed by atoms with Crippen LogP contribution in [-0.2, 0) is 24.7 Å². The molecule has 0 spiro atoms. The van der Waals surface area contributed by atoms with Gasteiger partial charge in [0.2, 0.25) is 0 Å². The van der Waals surface area contributed by atoms with Crippen LogP contribution in [0.1, 0.15) is 61.5 Å². The summed E-state index contributed by atoms with van der Waals surface area (Å²) in [5.41, 5.74) is 6.36. The van der Waals surface area contributed by atoms with E-state index in [0.717, 1.165) is 29.6 Å². The van der Waals surface area contributed by atoms with Crippen LogP contribution in [0.5, 0.6) is 0 Å². The summed E-state index contributed by atoms with van der Waals surface area (Å²) in [7, 11) is 0. The number of rotatable bonds is 8. The van der Waals surface area contributed by atoms with E-state index >= 15 is 0 Å². The van der Waals surface area contributed by atoms with Crippen molar-refractivity contribution < 1.29 is 27.9 Å². The van der Waals surface area contributed by atoms with Gasteiger partial charge in [-0.05, 0) is 60.4 Å². The Morgan fingerprint density at radius 2 is 1.72 bits per heavy atom. The number of likely N-dealkylation sites (tertiary alicyclic amines) is 1. The monoisotopic (exact) mass is 590 g/mol. The highest BCUT2D eigenvalue weighted by Gasteiger charge is 2.36. The van der Waals surface area contributed by atoms with Crippen molar-refractivity contribution >= 4 is 17.5 Å². The summed E-state index contributed by atoms with van der Waals surface area (Å²) in [4.78, 5) is 39.1. The van der Waals surface area contributed by atoms with Crippen LogP contribution < -0.4 is 11.1 Å². The van der Waals surface area contributed by atoms with Crippen LogP contribution in [-0.4, -0.2) is 49.9 Å². The minimum absolute atomic E-state index is 0.0296. The maximum Gasteiger partial charge on any atom is 0.416 e. The molecular weight excluding hydrogens is 561 g/mol. The molecule has 222 valence electrons. The van der Waals surface area contributed by atoms with Crippen molar-refractivity contribution in [2.24, 2.45) is 5.73 Å². The van der Waals surface area contributed by atoms with Crippen LogP contribution >= 0.6 is 0 Å². The number of amides is 2. The number of primary amides is 1. The fourth-order valence-corrected chi connectivity index (χ4v) is 5.21. The van der Waals surface area contributed by atoms with Crippen molar-refractivity contribution in [3.63, 3.8) is 0 Å². The van der Waals surface area contributed by atoms with Gasteiger partial charge < -0.3 is 21.1 Å². The van der Waals surface area contributed by atoms with Gasteiger partial charge in [0, 0.05) is 73.9 Å². The number of alkyl halides is 3. The molecule has 2 amide bonds. The Labute approximate surface area is 245 Å². The molecule has 1 fully saturated rings. The van der Waals surface area contributed by atoms with E-state index in [1.165, 1.54) is 6.20 Å². The van der Waals surface area contributed by atoms with Crippen molar-refractivity contribution in [2.75, 3.05) is 18.4 Å². The number of nitrogens with one attached hydrogen (secondary N) is 1. The van der Waals surface area contributed by atoms with Gasteiger partial charge in [0.25, 0.3) is 11.8 Å². The molecule has 5 rings (SSSR count). The van der Waals surface area contributed by atoms with Crippen LogP contribution in [0, 0.1) is 0 Å². The Morgan fingerprint density at radius 1 is 1.00 bits per heavy atom. The van der Waals surface area contributed by atoms with E-state index in [1.54, 1.807) is 53.7 Å². The zero-order valence-electron chi connectivity index (χ0n) is 23.0. The van der Waals surface area contributed by atoms with Crippen LogP contribution in [0.4, 0.5) is 18.9 Å². The van der Waals surface area contributed by atoms with E-state index < -0.39 is 23.2 Å². The first kappa shape index (κ1) is 29.6. The van der Waals surface area contributed by atoms with Gasteiger partial charge in [-0.25, -0.2) is 0 Å². The van der Waals surface area contributed by atoms with Gasteiger partial charge in [0.15, 0.2) is 0 Å². The number of piperidine rings is 1. The second kappa shape index (κ2) is 12.2. The highest BCUT2D eigenvalue weighted by atomic mass is 19.4. The Balaban J connectivity index is 1.29. The fourth-order valence-electron chi connectivity index (χ4n) is 5.21. The molecule has 0 atom stereocenters. The Morgan fingerprint density at radius 3 is 2.42 bits per heavy atom. The second-order valence-electron chi connectivity index (χ2n) is 10.4. The SMILES string of the molecule is NC(=O)c1cnc(Cc2cccc(C(=O)N3CCC(O)(c4ccncc4)CC3)c2)cc1NCc1cnccc1C(F)(F)F. The molecule has 1 aromatic carbocycles. The highest BCUT2D eigenvalue weighted by Crippen LogP contribution is 2.34. The van der Waals surface area contributed by atoms with Crippen molar-refractivity contribution in [2.45, 2.75) is 37.6 Å². The molecule has 0 radical (unpaired) electrons. The minimum Gasteiger partial charge on any atom is -0.385 e. The predicted molar refractivity (Wildman–Crippen MR) is 152 cm³/mol. The number of carbonyl (C=O) groups is 2. The lowest BCUT2D eigenvalue weighted by atomic mass is 9.85. The normalized spacial score (nSPS) is 14.7. The summed E-state index contributed by atoms with van der Waals surface area (Å²) in [6.45, 7) is 0.530. The van der Waals surface area contributed by atoms with E-state index in [2.05, 4.69) is 20.3 Å². The predicted octanol–water partition coefficient (Wildman–Crippen LogP) is 4.32. The lowest BCUT2D eigenvalue weighted by molar-refractivity contribution is -0.138. The Kier molecular flexibility index (Phi) is 8.40. The zero-order valence-corrected chi connectivity index (χ0v) is 23.0. The van der Waals surface area contributed by atoms with E-state index in [-0.39, 0.29) is 35.7 Å². The third kappa shape index (κ3) is 6.81.